The maximum Gasteiger partial charge on any atom is 0.243 e. The Hall–Kier alpha value is -1.78. The Bertz CT molecular complexity index is 634. The molecule has 2 aromatic rings. The molecule has 0 atom stereocenters. The van der Waals surface area contributed by atoms with E-state index in [0.29, 0.717) is 10.7 Å². The van der Waals surface area contributed by atoms with E-state index in [1.807, 2.05) is 0 Å². The van der Waals surface area contributed by atoms with E-state index in [9.17, 15) is 9.18 Å². The van der Waals surface area contributed by atoms with E-state index in [0.717, 1.165) is 0 Å². The average Bonchev–Trinajstić information content (AvgIpc) is 2.43. The molecule has 0 saturated heterocycles. The van der Waals surface area contributed by atoms with Gasteiger partial charge in [-0.3, -0.25) is 4.79 Å². The zero-order valence-electron chi connectivity index (χ0n) is 10.3. The molecule has 0 heterocycles. The zero-order valence-corrected chi connectivity index (χ0v) is 11.8. The molecule has 104 valence electrons. The predicted octanol–water partition coefficient (Wildman–Crippen LogP) is 4.18. The topological polar surface area (TPSA) is 41.1 Å². The van der Waals surface area contributed by atoms with Crippen LogP contribution in [0.15, 0.2) is 42.5 Å². The Kier molecular flexibility index (Phi) is 4.82. The summed E-state index contributed by atoms with van der Waals surface area (Å²) in [6.07, 6.45) is 0. The number of anilines is 2. The van der Waals surface area contributed by atoms with Crippen molar-refractivity contribution in [2.75, 3.05) is 17.2 Å². The largest absolute Gasteiger partial charge is 0.374 e. The van der Waals surface area contributed by atoms with E-state index in [4.69, 9.17) is 23.2 Å². The highest BCUT2D eigenvalue weighted by molar-refractivity contribution is 6.44. The molecule has 2 N–H and O–H groups in total. The van der Waals surface area contributed by atoms with Gasteiger partial charge in [-0.25, -0.2) is 4.39 Å². The Morgan fingerprint density at radius 2 is 1.75 bits per heavy atom. The molecule has 0 radical (unpaired) electrons. The van der Waals surface area contributed by atoms with Crippen molar-refractivity contribution in [3.05, 3.63) is 58.3 Å². The fourth-order valence-electron chi connectivity index (χ4n) is 1.57. The van der Waals surface area contributed by atoms with E-state index in [1.54, 1.807) is 36.4 Å². The molecule has 0 aliphatic heterocycles. The molecule has 0 bridgehead atoms. The highest BCUT2D eigenvalue weighted by Crippen LogP contribution is 2.29. The monoisotopic (exact) mass is 312 g/mol. The van der Waals surface area contributed by atoms with Crippen molar-refractivity contribution >= 4 is 40.5 Å². The number of carbonyl (C=O) groups excluding carboxylic acids is 1. The van der Waals surface area contributed by atoms with E-state index in [2.05, 4.69) is 10.6 Å². The summed E-state index contributed by atoms with van der Waals surface area (Å²) in [5.74, 6) is -0.765. The number of amides is 1. The van der Waals surface area contributed by atoms with Crippen LogP contribution in [-0.4, -0.2) is 12.5 Å². The van der Waals surface area contributed by atoms with Crippen molar-refractivity contribution < 1.29 is 9.18 Å². The molecule has 0 aliphatic carbocycles. The highest BCUT2D eigenvalue weighted by atomic mass is 35.5. The van der Waals surface area contributed by atoms with Crippen LogP contribution >= 0.6 is 23.2 Å². The van der Waals surface area contributed by atoms with Crippen LogP contribution in [0.1, 0.15) is 0 Å². The molecule has 0 aliphatic rings. The number of para-hydroxylation sites is 1. The molecule has 0 saturated carbocycles. The molecule has 2 aromatic carbocycles. The second-order valence-corrected chi connectivity index (χ2v) is 4.77. The van der Waals surface area contributed by atoms with E-state index in [-0.39, 0.29) is 23.2 Å². The lowest BCUT2D eigenvalue weighted by atomic mass is 10.3. The van der Waals surface area contributed by atoms with Gasteiger partial charge in [0.1, 0.15) is 5.82 Å². The van der Waals surface area contributed by atoms with Gasteiger partial charge in [0.2, 0.25) is 5.91 Å². The first kappa shape index (κ1) is 14.6. The molecule has 6 heteroatoms. The molecular formula is C14H11Cl2FN2O. The van der Waals surface area contributed by atoms with Gasteiger partial charge in [-0.2, -0.15) is 0 Å². The second-order valence-electron chi connectivity index (χ2n) is 3.98. The molecule has 0 spiro atoms. The maximum atomic E-state index is 13.4. The molecule has 20 heavy (non-hydrogen) atoms. The minimum Gasteiger partial charge on any atom is -0.374 e. The summed E-state index contributed by atoms with van der Waals surface area (Å²) in [5, 5.41) is 5.93. The third-order valence-electron chi connectivity index (χ3n) is 2.54. The van der Waals surface area contributed by atoms with Crippen molar-refractivity contribution in [2.24, 2.45) is 0 Å². The number of nitrogens with one attached hydrogen (secondary N) is 2. The van der Waals surface area contributed by atoms with Crippen LogP contribution in [0.4, 0.5) is 15.8 Å². The van der Waals surface area contributed by atoms with E-state index in [1.165, 1.54) is 6.07 Å². The summed E-state index contributed by atoms with van der Waals surface area (Å²) in [7, 11) is 0. The van der Waals surface area contributed by atoms with Gasteiger partial charge >= 0.3 is 0 Å². The minimum absolute atomic E-state index is 0.0796. The van der Waals surface area contributed by atoms with Gasteiger partial charge in [-0.15, -0.1) is 0 Å². The van der Waals surface area contributed by atoms with Crippen LogP contribution in [0.2, 0.25) is 10.0 Å². The van der Waals surface area contributed by atoms with E-state index < -0.39 is 5.82 Å². The first-order valence-electron chi connectivity index (χ1n) is 5.80. The molecule has 2 rings (SSSR count). The standard InChI is InChI=1S/C14H11Cl2FN2O/c15-9-4-3-7-12(14(9)16)19-13(20)8-18-11-6-2-1-5-10(11)17/h1-7,18H,8H2,(H,19,20). The van der Waals surface area contributed by atoms with Crippen molar-refractivity contribution in [3.8, 4) is 0 Å². The smallest absolute Gasteiger partial charge is 0.243 e. The van der Waals surface area contributed by atoms with Gasteiger partial charge in [-0.05, 0) is 24.3 Å². The number of carbonyl (C=O) groups is 1. The number of rotatable bonds is 4. The molecule has 0 fully saturated rings. The van der Waals surface area contributed by atoms with Crippen molar-refractivity contribution in [2.45, 2.75) is 0 Å². The van der Waals surface area contributed by atoms with Gasteiger partial charge in [0.25, 0.3) is 0 Å². The number of halogens is 3. The third kappa shape index (κ3) is 3.62. The second kappa shape index (κ2) is 6.59. The van der Waals surface area contributed by atoms with Crippen LogP contribution in [0, 0.1) is 5.82 Å². The van der Waals surface area contributed by atoms with Crippen LogP contribution in [0.5, 0.6) is 0 Å². The van der Waals surface area contributed by atoms with Crippen LogP contribution in [0.25, 0.3) is 0 Å². The number of benzene rings is 2. The maximum absolute atomic E-state index is 13.4. The highest BCUT2D eigenvalue weighted by Gasteiger charge is 2.08. The lowest BCUT2D eigenvalue weighted by Gasteiger charge is -2.10. The minimum atomic E-state index is -0.416. The quantitative estimate of drug-likeness (QED) is 0.889. The van der Waals surface area contributed by atoms with Gasteiger partial charge in [0.15, 0.2) is 0 Å². The van der Waals surface area contributed by atoms with Gasteiger partial charge in [-0.1, -0.05) is 41.4 Å². The van der Waals surface area contributed by atoms with Crippen LogP contribution in [0.3, 0.4) is 0 Å². The van der Waals surface area contributed by atoms with E-state index >= 15 is 0 Å². The molecule has 0 aromatic heterocycles. The fraction of sp³-hybridized carbons (Fsp3) is 0.0714. The summed E-state index contributed by atoms with van der Waals surface area (Å²) in [6, 6.07) is 11.0. The lowest BCUT2D eigenvalue weighted by molar-refractivity contribution is -0.114. The Morgan fingerprint density at radius 3 is 2.50 bits per heavy atom. The predicted molar refractivity (Wildman–Crippen MR) is 80.0 cm³/mol. The number of hydrogen-bond donors (Lipinski definition) is 2. The van der Waals surface area contributed by atoms with Crippen molar-refractivity contribution in [1.82, 2.24) is 0 Å². The Morgan fingerprint density at radius 1 is 1.05 bits per heavy atom. The average molecular weight is 313 g/mol. The Labute approximate surface area is 125 Å². The van der Waals surface area contributed by atoms with Gasteiger partial charge in [0.05, 0.1) is 28.0 Å². The van der Waals surface area contributed by atoms with Gasteiger partial charge < -0.3 is 10.6 Å². The molecule has 0 unspecified atom stereocenters. The summed E-state index contributed by atoms with van der Waals surface area (Å²) in [6.45, 7) is -0.0796. The van der Waals surface area contributed by atoms with Crippen molar-refractivity contribution in [1.29, 1.82) is 0 Å². The SMILES string of the molecule is O=C(CNc1ccccc1F)Nc1cccc(Cl)c1Cl. The normalized spacial score (nSPS) is 10.2. The lowest BCUT2D eigenvalue weighted by Crippen LogP contribution is -2.22. The first-order chi connectivity index (χ1) is 9.58. The van der Waals surface area contributed by atoms with Crippen LogP contribution < -0.4 is 10.6 Å². The Balaban J connectivity index is 1.96. The van der Waals surface area contributed by atoms with Crippen LogP contribution in [-0.2, 0) is 4.79 Å². The number of hydrogen-bond acceptors (Lipinski definition) is 2. The summed E-state index contributed by atoms with van der Waals surface area (Å²) >= 11 is 11.8. The van der Waals surface area contributed by atoms with Crippen molar-refractivity contribution in [3.63, 3.8) is 0 Å². The fourth-order valence-corrected chi connectivity index (χ4v) is 1.92. The van der Waals surface area contributed by atoms with Gasteiger partial charge in [0, 0.05) is 0 Å². The molecule has 1 amide bonds. The molecule has 3 nitrogen and oxygen atoms in total. The summed E-state index contributed by atoms with van der Waals surface area (Å²) < 4.78 is 13.4. The summed E-state index contributed by atoms with van der Waals surface area (Å²) in [5.41, 5.74) is 0.680. The third-order valence-corrected chi connectivity index (χ3v) is 3.36. The first-order valence-corrected chi connectivity index (χ1v) is 6.56. The summed E-state index contributed by atoms with van der Waals surface area (Å²) in [4.78, 5) is 11.8. The zero-order chi connectivity index (χ0) is 14.5. The molecular weight excluding hydrogens is 302 g/mol.